The highest BCUT2D eigenvalue weighted by Crippen LogP contribution is 2.23. The smallest absolute Gasteiger partial charge is 0.0205 e. The number of hydrogen-bond donors (Lipinski definition) is 0. The van der Waals surface area contributed by atoms with Crippen LogP contribution in [0.25, 0.3) is 0 Å². The van der Waals surface area contributed by atoms with Gasteiger partial charge in [0, 0.05) is 0 Å². The second-order valence-electron chi connectivity index (χ2n) is 4.70. The van der Waals surface area contributed by atoms with Gasteiger partial charge in [-0.15, -0.1) is 6.58 Å². The van der Waals surface area contributed by atoms with Crippen molar-refractivity contribution in [2.75, 3.05) is 0 Å². The molecule has 0 heterocycles. The summed E-state index contributed by atoms with van der Waals surface area (Å²) >= 11 is 0. The van der Waals surface area contributed by atoms with Crippen LogP contribution in [0.4, 0.5) is 0 Å². The van der Waals surface area contributed by atoms with Crippen LogP contribution in [0.5, 0.6) is 0 Å². The minimum Gasteiger partial charge on any atom is -0.103 e. The van der Waals surface area contributed by atoms with E-state index in [1.54, 1.807) is 5.57 Å². The molecular formula is C15H28. The zero-order chi connectivity index (χ0) is 11.7. The Morgan fingerprint density at radius 2 is 1.93 bits per heavy atom. The summed E-state index contributed by atoms with van der Waals surface area (Å²) in [5.74, 6) is 1.49. The molecule has 0 aromatic carbocycles. The molecule has 0 rings (SSSR count). The first-order chi connectivity index (χ1) is 7.15. The van der Waals surface area contributed by atoms with E-state index in [1.165, 1.54) is 25.7 Å². The third-order valence-corrected chi connectivity index (χ3v) is 3.04. The first-order valence-corrected chi connectivity index (χ1v) is 6.46. The highest BCUT2D eigenvalue weighted by Gasteiger charge is 2.10. The molecule has 0 aromatic rings. The third-order valence-electron chi connectivity index (χ3n) is 3.04. The quantitative estimate of drug-likeness (QED) is 0.471. The predicted octanol–water partition coefficient (Wildman–Crippen LogP) is 5.36. The van der Waals surface area contributed by atoms with Crippen LogP contribution in [0, 0.1) is 11.8 Å². The molecule has 0 bridgehead atoms. The van der Waals surface area contributed by atoms with E-state index in [4.69, 9.17) is 0 Å². The third kappa shape index (κ3) is 6.54. The molecule has 0 saturated carbocycles. The average Bonchev–Trinajstić information content (AvgIpc) is 2.22. The minimum atomic E-state index is 0.740. The van der Waals surface area contributed by atoms with Crippen molar-refractivity contribution in [3.63, 3.8) is 0 Å². The van der Waals surface area contributed by atoms with E-state index in [9.17, 15) is 0 Å². The van der Waals surface area contributed by atoms with Crippen LogP contribution < -0.4 is 0 Å². The summed E-state index contributed by atoms with van der Waals surface area (Å²) in [6, 6.07) is 0. The summed E-state index contributed by atoms with van der Waals surface area (Å²) in [5, 5.41) is 0. The van der Waals surface area contributed by atoms with Crippen LogP contribution in [0.3, 0.4) is 0 Å². The van der Waals surface area contributed by atoms with E-state index in [2.05, 4.69) is 40.3 Å². The van der Waals surface area contributed by atoms with E-state index >= 15 is 0 Å². The summed E-state index contributed by atoms with van der Waals surface area (Å²) in [5.41, 5.74) is 1.64. The molecule has 88 valence electrons. The second kappa shape index (κ2) is 8.76. The summed E-state index contributed by atoms with van der Waals surface area (Å²) < 4.78 is 0. The molecular weight excluding hydrogens is 180 g/mol. The molecule has 0 heteroatoms. The van der Waals surface area contributed by atoms with Crippen molar-refractivity contribution in [2.45, 2.75) is 59.8 Å². The van der Waals surface area contributed by atoms with E-state index in [0.29, 0.717) is 0 Å². The molecule has 0 nitrogen and oxygen atoms in total. The van der Waals surface area contributed by atoms with Crippen LogP contribution in [0.15, 0.2) is 24.3 Å². The Bertz CT molecular complexity index is 186. The standard InChI is InChI=1S/C15H28/c1-6-9-11-15(13(4)5)12-14(8-3)10-7-2/h6,12-13,15H,1,7-11H2,2-5H3. The van der Waals surface area contributed by atoms with E-state index < -0.39 is 0 Å². The van der Waals surface area contributed by atoms with Gasteiger partial charge < -0.3 is 0 Å². The normalized spacial score (nSPS) is 14.3. The molecule has 0 spiro atoms. The number of rotatable bonds is 8. The molecule has 15 heavy (non-hydrogen) atoms. The molecule has 0 radical (unpaired) electrons. The predicted molar refractivity (Wildman–Crippen MR) is 71.0 cm³/mol. The molecule has 0 saturated heterocycles. The van der Waals surface area contributed by atoms with Crippen molar-refractivity contribution in [2.24, 2.45) is 11.8 Å². The largest absolute Gasteiger partial charge is 0.103 e. The van der Waals surface area contributed by atoms with Gasteiger partial charge in [0.15, 0.2) is 0 Å². The molecule has 0 aromatic heterocycles. The van der Waals surface area contributed by atoms with Gasteiger partial charge in [0.2, 0.25) is 0 Å². The molecule has 0 aliphatic carbocycles. The average molecular weight is 208 g/mol. The lowest BCUT2D eigenvalue weighted by atomic mass is 9.88. The van der Waals surface area contributed by atoms with Gasteiger partial charge in [-0.2, -0.15) is 0 Å². The van der Waals surface area contributed by atoms with Crippen LogP contribution in [-0.4, -0.2) is 0 Å². The highest BCUT2D eigenvalue weighted by atomic mass is 14.2. The summed E-state index contributed by atoms with van der Waals surface area (Å²) in [6.45, 7) is 13.0. The fourth-order valence-electron chi connectivity index (χ4n) is 1.92. The van der Waals surface area contributed by atoms with Crippen LogP contribution in [0.2, 0.25) is 0 Å². The molecule has 0 aliphatic rings. The van der Waals surface area contributed by atoms with Gasteiger partial charge in [-0.1, -0.05) is 51.8 Å². The maximum Gasteiger partial charge on any atom is -0.0205 e. The van der Waals surface area contributed by atoms with Gasteiger partial charge in [0.25, 0.3) is 0 Å². The van der Waals surface area contributed by atoms with Gasteiger partial charge >= 0.3 is 0 Å². The Morgan fingerprint density at radius 1 is 1.27 bits per heavy atom. The maximum absolute atomic E-state index is 3.81. The van der Waals surface area contributed by atoms with Crippen molar-refractivity contribution in [1.82, 2.24) is 0 Å². The summed E-state index contributed by atoms with van der Waals surface area (Å²) in [6.07, 6.45) is 10.7. The zero-order valence-corrected chi connectivity index (χ0v) is 11.1. The molecule has 1 atom stereocenters. The first kappa shape index (κ1) is 14.5. The maximum atomic E-state index is 3.81. The topological polar surface area (TPSA) is 0 Å². The number of hydrogen-bond acceptors (Lipinski definition) is 0. The van der Waals surface area contributed by atoms with Crippen molar-refractivity contribution in [3.05, 3.63) is 24.3 Å². The van der Waals surface area contributed by atoms with Crippen LogP contribution >= 0.6 is 0 Å². The molecule has 0 fully saturated rings. The monoisotopic (exact) mass is 208 g/mol. The van der Waals surface area contributed by atoms with Gasteiger partial charge in [-0.25, -0.2) is 0 Å². The van der Waals surface area contributed by atoms with E-state index in [-0.39, 0.29) is 0 Å². The Hall–Kier alpha value is -0.520. The Morgan fingerprint density at radius 3 is 2.33 bits per heavy atom. The van der Waals surface area contributed by atoms with E-state index in [0.717, 1.165) is 18.3 Å². The van der Waals surface area contributed by atoms with Gasteiger partial charge in [0.1, 0.15) is 0 Å². The van der Waals surface area contributed by atoms with Gasteiger partial charge in [0.05, 0.1) is 0 Å². The summed E-state index contributed by atoms with van der Waals surface area (Å²) in [7, 11) is 0. The number of allylic oxidation sites excluding steroid dienone is 3. The van der Waals surface area contributed by atoms with Crippen LogP contribution in [0.1, 0.15) is 59.8 Å². The molecule has 0 N–H and O–H groups in total. The molecule has 1 unspecified atom stereocenters. The van der Waals surface area contributed by atoms with Crippen molar-refractivity contribution in [3.8, 4) is 0 Å². The highest BCUT2D eigenvalue weighted by molar-refractivity contribution is 5.04. The zero-order valence-electron chi connectivity index (χ0n) is 11.1. The van der Waals surface area contributed by atoms with Crippen molar-refractivity contribution in [1.29, 1.82) is 0 Å². The fraction of sp³-hybridized carbons (Fsp3) is 0.733. The second-order valence-corrected chi connectivity index (χ2v) is 4.70. The van der Waals surface area contributed by atoms with Crippen LogP contribution in [-0.2, 0) is 0 Å². The lowest BCUT2D eigenvalue weighted by Crippen LogP contribution is -2.06. The van der Waals surface area contributed by atoms with Crippen molar-refractivity contribution < 1.29 is 0 Å². The van der Waals surface area contributed by atoms with Crippen molar-refractivity contribution >= 4 is 0 Å². The minimum absolute atomic E-state index is 0.740. The lowest BCUT2D eigenvalue weighted by molar-refractivity contribution is 0.435. The first-order valence-electron chi connectivity index (χ1n) is 6.46. The summed E-state index contributed by atoms with van der Waals surface area (Å²) in [4.78, 5) is 0. The molecule has 0 aliphatic heterocycles. The van der Waals surface area contributed by atoms with E-state index in [1.807, 2.05) is 6.08 Å². The van der Waals surface area contributed by atoms with Gasteiger partial charge in [-0.05, 0) is 37.5 Å². The lowest BCUT2D eigenvalue weighted by Gasteiger charge is -2.18. The Kier molecular flexibility index (Phi) is 8.46. The Labute approximate surface area is 96.5 Å². The van der Waals surface area contributed by atoms with Gasteiger partial charge in [-0.3, -0.25) is 0 Å². The molecule has 0 amide bonds. The SMILES string of the molecule is C=CCCC(C=C(CC)CCC)C(C)C. The Balaban J connectivity index is 4.38. The fourth-order valence-corrected chi connectivity index (χ4v) is 1.92.